The maximum absolute atomic E-state index is 9.21. The number of aromatic nitrogens is 1. The average molecular weight is 262 g/mol. The molecule has 0 aliphatic heterocycles. The summed E-state index contributed by atoms with van der Waals surface area (Å²) in [4.78, 5) is 4.21. The predicted octanol–water partition coefficient (Wildman–Crippen LogP) is 3.48. The topological polar surface area (TPSA) is 45.1 Å². The van der Waals surface area contributed by atoms with Gasteiger partial charge in [0.05, 0.1) is 11.9 Å². The summed E-state index contributed by atoms with van der Waals surface area (Å²) in [5.41, 5.74) is 1.50. The molecule has 0 bridgehead atoms. The molecule has 0 amide bonds. The lowest BCUT2D eigenvalue weighted by molar-refractivity contribution is 0.223. The Morgan fingerprint density at radius 1 is 1.32 bits per heavy atom. The molecule has 0 saturated heterocycles. The van der Waals surface area contributed by atoms with Gasteiger partial charge in [-0.05, 0) is 42.7 Å². The number of aromatic hydroxyl groups is 1. The van der Waals surface area contributed by atoms with Gasteiger partial charge in [0.1, 0.15) is 5.75 Å². The molecule has 0 atom stereocenters. The lowest BCUT2D eigenvalue weighted by Gasteiger charge is -2.31. The van der Waals surface area contributed by atoms with Crippen molar-refractivity contribution in [3.05, 3.63) is 24.0 Å². The predicted molar refractivity (Wildman–Crippen MR) is 78.0 cm³/mol. The molecule has 1 saturated carbocycles. The molecule has 106 valence electrons. The van der Waals surface area contributed by atoms with Crippen LogP contribution in [0.25, 0.3) is 0 Å². The van der Waals surface area contributed by atoms with E-state index >= 15 is 0 Å². The van der Waals surface area contributed by atoms with Gasteiger partial charge in [-0.25, -0.2) is 0 Å². The van der Waals surface area contributed by atoms with Crippen molar-refractivity contribution in [2.24, 2.45) is 11.3 Å². The molecule has 0 spiro atoms. The van der Waals surface area contributed by atoms with Crippen LogP contribution in [0.2, 0.25) is 0 Å². The average Bonchev–Trinajstić information content (AvgIpc) is 2.79. The second-order valence-corrected chi connectivity index (χ2v) is 6.42. The van der Waals surface area contributed by atoms with Crippen LogP contribution in [0.15, 0.2) is 18.3 Å². The Morgan fingerprint density at radius 2 is 2.05 bits per heavy atom. The molecule has 0 aromatic carbocycles. The Balaban J connectivity index is 1.84. The highest BCUT2D eigenvalue weighted by Crippen LogP contribution is 2.42. The molecule has 1 aromatic heterocycles. The van der Waals surface area contributed by atoms with E-state index in [4.69, 9.17) is 0 Å². The first-order valence-electron chi connectivity index (χ1n) is 7.44. The van der Waals surface area contributed by atoms with Crippen molar-refractivity contribution < 1.29 is 5.11 Å². The van der Waals surface area contributed by atoms with Gasteiger partial charge < -0.3 is 10.4 Å². The Kier molecular flexibility index (Phi) is 4.81. The zero-order valence-electron chi connectivity index (χ0n) is 12.2. The number of nitrogens with zero attached hydrogens (tertiary/aromatic N) is 1. The van der Waals surface area contributed by atoms with Crippen LogP contribution in [-0.2, 0) is 6.54 Å². The maximum atomic E-state index is 9.21. The molecule has 3 heteroatoms. The van der Waals surface area contributed by atoms with Crippen LogP contribution in [0.4, 0.5) is 0 Å². The second-order valence-electron chi connectivity index (χ2n) is 6.42. The molecule has 1 heterocycles. The van der Waals surface area contributed by atoms with E-state index in [0.717, 1.165) is 24.7 Å². The quantitative estimate of drug-likeness (QED) is 0.825. The van der Waals surface area contributed by atoms with Gasteiger partial charge >= 0.3 is 0 Å². The van der Waals surface area contributed by atoms with E-state index in [1.165, 1.54) is 38.3 Å². The summed E-state index contributed by atoms with van der Waals surface area (Å²) in [7, 11) is 0. The summed E-state index contributed by atoms with van der Waals surface area (Å²) >= 11 is 0. The number of hydrogen-bond donors (Lipinski definition) is 2. The smallest absolute Gasteiger partial charge is 0.133 e. The molecule has 0 radical (unpaired) electrons. The fourth-order valence-corrected chi connectivity index (χ4v) is 3.42. The van der Waals surface area contributed by atoms with Gasteiger partial charge in [0, 0.05) is 13.1 Å². The molecule has 0 unspecified atom stereocenters. The highest BCUT2D eigenvalue weighted by Gasteiger charge is 2.33. The molecule has 1 aliphatic carbocycles. The van der Waals surface area contributed by atoms with Crippen molar-refractivity contribution in [3.8, 4) is 5.75 Å². The molecule has 3 nitrogen and oxygen atoms in total. The minimum absolute atomic E-state index is 0.232. The van der Waals surface area contributed by atoms with Gasteiger partial charge in [-0.3, -0.25) is 4.98 Å². The van der Waals surface area contributed by atoms with E-state index in [1.807, 2.05) is 6.07 Å². The summed E-state index contributed by atoms with van der Waals surface area (Å²) in [6.45, 7) is 6.52. The summed E-state index contributed by atoms with van der Waals surface area (Å²) in [5.74, 6) is 1.00. The van der Waals surface area contributed by atoms with Crippen molar-refractivity contribution in [1.29, 1.82) is 0 Å². The fraction of sp³-hybridized carbons (Fsp3) is 0.688. The van der Waals surface area contributed by atoms with E-state index in [0.29, 0.717) is 5.41 Å². The van der Waals surface area contributed by atoms with E-state index in [2.05, 4.69) is 24.1 Å². The zero-order chi connectivity index (χ0) is 13.7. The van der Waals surface area contributed by atoms with Gasteiger partial charge in [0.2, 0.25) is 0 Å². The summed E-state index contributed by atoms with van der Waals surface area (Å²) in [6, 6.07) is 3.58. The first-order chi connectivity index (χ1) is 9.10. The van der Waals surface area contributed by atoms with Crippen LogP contribution in [-0.4, -0.2) is 16.6 Å². The Morgan fingerprint density at radius 3 is 2.63 bits per heavy atom. The molecule has 19 heavy (non-hydrogen) atoms. The largest absolute Gasteiger partial charge is 0.506 e. The number of rotatable bonds is 6. The SMILES string of the molecule is CC(C)CC1(CNCc2ccc(O)cn2)CCCC1. The van der Waals surface area contributed by atoms with Crippen LogP contribution in [0.1, 0.15) is 51.6 Å². The standard InChI is InChI=1S/C16H26N2O/c1-13(2)9-16(7-3-4-8-16)12-17-10-14-5-6-15(19)11-18-14/h5-6,11,13,17,19H,3-4,7-10,12H2,1-2H3. The number of pyridine rings is 1. The Hall–Kier alpha value is -1.09. The fourth-order valence-electron chi connectivity index (χ4n) is 3.42. The van der Waals surface area contributed by atoms with Crippen molar-refractivity contribution in [3.63, 3.8) is 0 Å². The summed E-state index contributed by atoms with van der Waals surface area (Å²) < 4.78 is 0. The normalized spacial score (nSPS) is 18.1. The van der Waals surface area contributed by atoms with Crippen LogP contribution in [0.5, 0.6) is 5.75 Å². The first kappa shape index (κ1) is 14.3. The van der Waals surface area contributed by atoms with Crippen molar-refractivity contribution in [1.82, 2.24) is 10.3 Å². The van der Waals surface area contributed by atoms with Crippen LogP contribution >= 0.6 is 0 Å². The van der Waals surface area contributed by atoms with Crippen molar-refractivity contribution >= 4 is 0 Å². The van der Waals surface area contributed by atoms with E-state index in [-0.39, 0.29) is 5.75 Å². The van der Waals surface area contributed by atoms with Crippen molar-refractivity contribution in [2.45, 2.75) is 52.5 Å². The van der Waals surface area contributed by atoms with Crippen LogP contribution < -0.4 is 5.32 Å². The number of nitrogens with one attached hydrogen (secondary N) is 1. The first-order valence-corrected chi connectivity index (χ1v) is 7.44. The lowest BCUT2D eigenvalue weighted by Crippen LogP contribution is -2.33. The minimum atomic E-state index is 0.232. The molecule has 1 aliphatic rings. The highest BCUT2D eigenvalue weighted by molar-refractivity contribution is 5.17. The van der Waals surface area contributed by atoms with Gasteiger partial charge in [0.25, 0.3) is 0 Å². The van der Waals surface area contributed by atoms with Gasteiger partial charge in [-0.2, -0.15) is 0 Å². The molecule has 1 aromatic rings. The third kappa shape index (κ3) is 4.20. The Labute approximate surface area is 116 Å². The van der Waals surface area contributed by atoms with E-state index in [9.17, 15) is 5.11 Å². The van der Waals surface area contributed by atoms with Gasteiger partial charge in [-0.15, -0.1) is 0 Å². The van der Waals surface area contributed by atoms with Crippen molar-refractivity contribution in [2.75, 3.05) is 6.54 Å². The second kappa shape index (κ2) is 6.38. The number of hydrogen-bond acceptors (Lipinski definition) is 3. The monoisotopic (exact) mass is 262 g/mol. The summed E-state index contributed by atoms with van der Waals surface area (Å²) in [6.07, 6.45) is 8.32. The molecule has 1 fully saturated rings. The highest BCUT2D eigenvalue weighted by atomic mass is 16.3. The van der Waals surface area contributed by atoms with Gasteiger partial charge in [0.15, 0.2) is 0 Å². The van der Waals surface area contributed by atoms with E-state index in [1.54, 1.807) is 6.07 Å². The molecular weight excluding hydrogens is 236 g/mol. The third-order valence-electron chi connectivity index (χ3n) is 4.12. The zero-order valence-corrected chi connectivity index (χ0v) is 12.2. The molecule has 2 rings (SSSR count). The molecular formula is C16H26N2O. The molecule has 2 N–H and O–H groups in total. The minimum Gasteiger partial charge on any atom is -0.506 e. The van der Waals surface area contributed by atoms with Crippen LogP contribution in [0.3, 0.4) is 0 Å². The third-order valence-corrected chi connectivity index (χ3v) is 4.12. The van der Waals surface area contributed by atoms with Crippen LogP contribution in [0, 0.1) is 11.3 Å². The lowest BCUT2D eigenvalue weighted by atomic mass is 9.78. The summed E-state index contributed by atoms with van der Waals surface area (Å²) in [5, 5.41) is 12.8. The maximum Gasteiger partial charge on any atom is 0.133 e. The van der Waals surface area contributed by atoms with Gasteiger partial charge in [-0.1, -0.05) is 26.7 Å². The van der Waals surface area contributed by atoms with E-state index < -0.39 is 0 Å². The Bertz CT molecular complexity index is 380.